The van der Waals surface area contributed by atoms with Crippen LogP contribution in [0.4, 0.5) is 4.79 Å². The van der Waals surface area contributed by atoms with Gasteiger partial charge >= 0.3 is 6.09 Å². The second-order valence-corrected chi connectivity index (χ2v) is 4.63. The van der Waals surface area contributed by atoms with E-state index in [4.69, 9.17) is 5.11 Å². The highest BCUT2D eigenvalue weighted by Crippen LogP contribution is 2.06. The Morgan fingerprint density at radius 3 is 1.64 bits per heavy atom. The minimum Gasteiger partial charge on any atom is -0.465 e. The predicted molar refractivity (Wildman–Crippen MR) is 58.5 cm³/mol. The van der Waals surface area contributed by atoms with Crippen LogP contribution in [-0.4, -0.2) is 29.2 Å². The number of rotatable bonds is 6. The highest BCUT2D eigenvalue weighted by Gasteiger charge is 2.11. The highest BCUT2D eigenvalue weighted by molar-refractivity contribution is 5.64. The molecule has 1 N–H and O–H groups in total. The first-order valence-corrected chi connectivity index (χ1v) is 5.41. The Morgan fingerprint density at radius 1 is 1.07 bits per heavy atom. The molecule has 0 radical (unpaired) electrons. The molecule has 0 atom stereocenters. The Kier molecular flexibility index (Phi) is 6.34. The van der Waals surface area contributed by atoms with Gasteiger partial charge in [-0.3, -0.25) is 0 Å². The molecule has 0 unspecified atom stereocenters. The average Bonchev–Trinajstić information content (AvgIpc) is 2.02. The molecule has 0 aromatic rings. The normalized spacial score (nSPS) is 11.0. The summed E-state index contributed by atoms with van der Waals surface area (Å²) in [6, 6.07) is 0. The zero-order chi connectivity index (χ0) is 11.1. The van der Waals surface area contributed by atoms with Crippen molar-refractivity contribution in [3.05, 3.63) is 0 Å². The van der Waals surface area contributed by atoms with Gasteiger partial charge in [-0.15, -0.1) is 0 Å². The molecule has 0 aliphatic rings. The van der Waals surface area contributed by atoms with E-state index in [1.807, 2.05) is 0 Å². The van der Waals surface area contributed by atoms with Gasteiger partial charge < -0.3 is 10.0 Å². The summed E-state index contributed by atoms with van der Waals surface area (Å²) >= 11 is 0. The Bertz CT molecular complexity index is 155. The van der Waals surface area contributed by atoms with Crippen molar-refractivity contribution >= 4 is 6.09 Å². The molecule has 3 nitrogen and oxygen atoms in total. The zero-order valence-electron chi connectivity index (χ0n) is 9.79. The van der Waals surface area contributed by atoms with Crippen LogP contribution in [0.25, 0.3) is 0 Å². The molecular weight excluding hydrogens is 178 g/mol. The van der Waals surface area contributed by atoms with Gasteiger partial charge in [0.2, 0.25) is 0 Å². The fraction of sp³-hybridized carbons (Fsp3) is 0.909. The molecule has 1 amide bonds. The lowest BCUT2D eigenvalue weighted by Crippen LogP contribution is -2.32. The minimum absolute atomic E-state index is 0.566. The summed E-state index contributed by atoms with van der Waals surface area (Å²) in [6.45, 7) is 9.79. The number of carboxylic acid groups (broad SMARTS) is 1. The molecule has 84 valence electrons. The first kappa shape index (κ1) is 13.3. The first-order chi connectivity index (χ1) is 6.43. The fourth-order valence-corrected chi connectivity index (χ4v) is 1.13. The van der Waals surface area contributed by atoms with Gasteiger partial charge in [-0.2, -0.15) is 0 Å². The van der Waals surface area contributed by atoms with E-state index < -0.39 is 6.09 Å². The average molecular weight is 201 g/mol. The Hall–Kier alpha value is -0.730. The van der Waals surface area contributed by atoms with Crippen LogP contribution < -0.4 is 0 Å². The standard InChI is InChI=1S/C11H23NO2/c1-9(2)5-7-12(11(13)14)8-6-10(3)4/h9-10H,5-8H2,1-4H3,(H,13,14). The second-order valence-electron chi connectivity index (χ2n) is 4.63. The summed E-state index contributed by atoms with van der Waals surface area (Å²) in [5.74, 6) is 1.13. The third-order valence-electron chi connectivity index (χ3n) is 2.22. The number of hydrogen-bond acceptors (Lipinski definition) is 1. The third kappa shape index (κ3) is 6.75. The molecule has 0 aliphatic heterocycles. The summed E-state index contributed by atoms with van der Waals surface area (Å²) in [6.07, 6.45) is 1.11. The zero-order valence-corrected chi connectivity index (χ0v) is 9.79. The number of nitrogens with zero attached hydrogens (tertiary/aromatic N) is 1. The molecule has 0 heterocycles. The SMILES string of the molecule is CC(C)CCN(CCC(C)C)C(=O)O. The van der Waals surface area contributed by atoms with Gasteiger partial charge in [0.15, 0.2) is 0 Å². The van der Waals surface area contributed by atoms with Crippen LogP contribution in [0, 0.1) is 11.8 Å². The van der Waals surface area contributed by atoms with Crippen molar-refractivity contribution in [1.29, 1.82) is 0 Å². The highest BCUT2D eigenvalue weighted by atomic mass is 16.4. The molecule has 0 aliphatic carbocycles. The Morgan fingerprint density at radius 2 is 1.43 bits per heavy atom. The molecule has 0 aromatic carbocycles. The third-order valence-corrected chi connectivity index (χ3v) is 2.22. The fourth-order valence-electron chi connectivity index (χ4n) is 1.13. The van der Waals surface area contributed by atoms with E-state index >= 15 is 0 Å². The van der Waals surface area contributed by atoms with Crippen molar-refractivity contribution in [3.8, 4) is 0 Å². The number of amides is 1. The van der Waals surface area contributed by atoms with Crippen LogP contribution in [-0.2, 0) is 0 Å². The van der Waals surface area contributed by atoms with Crippen molar-refractivity contribution < 1.29 is 9.90 Å². The smallest absolute Gasteiger partial charge is 0.407 e. The Labute approximate surface area is 87.1 Å². The van der Waals surface area contributed by atoms with Crippen molar-refractivity contribution in [3.63, 3.8) is 0 Å². The van der Waals surface area contributed by atoms with Crippen LogP contribution >= 0.6 is 0 Å². The van der Waals surface area contributed by atoms with Crippen molar-refractivity contribution in [2.24, 2.45) is 11.8 Å². The maximum absolute atomic E-state index is 10.9. The lowest BCUT2D eigenvalue weighted by molar-refractivity contribution is 0.140. The molecule has 0 spiro atoms. The lowest BCUT2D eigenvalue weighted by atomic mass is 10.1. The van der Waals surface area contributed by atoms with Crippen LogP contribution in [0.15, 0.2) is 0 Å². The molecule has 0 aromatic heterocycles. The van der Waals surface area contributed by atoms with E-state index in [1.54, 1.807) is 0 Å². The van der Waals surface area contributed by atoms with Gasteiger partial charge in [-0.05, 0) is 24.7 Å². The topological polar surface area (TPSA) is 40.5 Å². The molecule has 0 fully saturated rings. The monoisotopic (exact) mass is 201 g/mol. The van der Waals surface area contributed by atoms with Gasteiger partial charge in [0.25, 0.3) is 0 Å². The van der Waals surface area contributed by atoms with Gasteiger partial charge in [0.1, 0.15) is 0 Å². The van der Waals surface area contributed by atoms with E-state index in [-0.39, 0.29) is 0 Å². The summed E-state index contributed by atoms with van der Waals surface area (Å²) in [4.78, 5) is 12.4. The maximum Gasteiger partial charge on any atom is 0.407 e. The van der Waals surface area contributed by atoms with E-state index in [1.165, 1.54) is 4.90 Å². The van der Waals surface area contributed by atoms with Gasteiger partial charge in [-0.25, -0.2) is 4.79 Å². The molecule has 14 heavy (non-hydrogen) atoms. The summed E-state index contributed by atoms with van der Waals surface area (Å²) in [5, 5.41) is 8.92. The summed E-state index contributed by atoms with van der Waals surface area (Å²) in [7, 11) is 0. The van der Waals surface area contributed by atoms with Gasteiger partial charge in [0.05, 0.1) is 0 Å². The van der Waals surface area contributed by atoms with Gasteiger partial charge in [0, 0.05) is 13.1 Å². The molecule has 0 bridgehead atoms. The lowest BCUT2D eigenvalue weighted by Gasteiger charge is -2.21. The number of carbonyl (C=O) groups is 1. The first-order valence-electron chi connectivity index (χ1n) is 5.41. The van der Waals surface area contributed by atoms with E-state index in [0.29, 0.717) is 24.9 Å². The summed E-state index contributed by atoms with van der Waals surface area (Å²) in [5.41, 5.74) is 0. The van der Waals surface area contributed by atoms with Gasteiger partial charge in [-0.1, -0.05) is 27.7 Å². The predicted octanol–water partition coefficient (Wildman–Crippen LogP) is 3.06. The second kappa shape index (κ2) is 6.68. The maximum atomic E-state index is 10.9. The van der Waals surface area contributed by atoms with E-state index in [9.17, 15) is 4.79 Å². The quantitative estimate of drug-likeness (QED) is 0.717. The van der Waals surface area contributed by atoms with Crippen molar-refractivity contribution in [1.82, 2.24) is 4.90 Å². The minimum atomic E-state index is -0.786. The van der Waals surface area contributed by atoms with E-state index in [2.05, 4.69) is 27.7 Å². The summed E-state index contributed by atoms with van der Waals surface area (Å²) < 4.78 is 0. The van der Waals surface area contributed by atoms with E-state index in [0.717, 1.165) is 12.8 Å². The molecule has 3 heteroatoms. The molecule has 0 rings (SSSR count). The molecular formula is C11H23NO2. The van der Waals surface area contributed by atoms with Crippen molar-refractivity contribution in [2.75, 3.05) is 13.1 Å². The number of hydrogen-bond donors (Lipinski definition) is 1. The Balaban J connectivity index is 3.84. The molecule has 0 saturated carbocycles. The van der Waals surface area contributed by atoms with Crippen LogP contribution in [0.1, 0.15) is 40.5 Å². The van der Waals surface area contributed by atoms with Crippen LogP contribution in [0.3, 0.4) is 0 Å². The van der Waals surface area contributed by atoms with Crippen LogP contribution in [0.5, 0.6) is 0 Å². The molecule has 0 saturated heterocycles. The largest absolute Gasteiger partial charge is 0.465 e. The van der Waals surface area contributed by atoms with Crippen LogP contribution in [0.2, 0.25) is 0 Å². The van der Waals surface area contributed by atoms with Crippen molar-refractivity contribution in [2.45, 2.75) is 40.5 Å².